The second-order valence-corrected chi connectivity index (χ2v) is 9.08. The van der Waals surface area contributed by atoms with Gasteiger partial charge in [0.1, 0.15) is 21.1 Å². The van der Waals surface area contributed by atoms with Crippen LogP contribution in [0.15, 0.2) is 24.3 Å². The average Bonchev–Trinajstić information content (AvgIpc) is 2.97. The number of aryl methyl sites for hydroxylation is 2. The molecule has 0 amide bonds. The van der Waals surface area contributed by atoms with E-state index in [1.807, 2.05) is 39.8 Å². The first-order valence-electron chi connectivity index (χ1n) is 9.57. The number of hydrogen-bond donors (Lipinski definition) is 1. The SMILES string of the molecule is CCCc1c(C)nc2sc(C(=O)OC(C)(C)C)c(-c3ccc(O)cc3)c2c1C. The van der Waals surface area contributed by atoms with Gasteiger partial charge in [-0.25, -0.2) is 9.78 Å². The van der Waals surface area contributed by atoms with Gasteiger partial charge >= 0.3 is 5.97 Å². The number of thiophene rings is 1. The monoisotopic (exact) mass is 397 g/mol. The van der Waals surface area contributed by atoms with Crippen molar-refractivity contribution in [2.45, 2.75) is 60.0 Å². The zero-order chi connectivity index (χ0) is 20.6. The zero-order valence-electron chi connectivity index (χ0n) is 17.3. The van der Waals surface area contributed by atoms with E-state index in [0.29, 0.717) is 4.88 Å². The Balaban J connectivity index is 2.33. The maximum Gasteiger partial charge on any atom is 0.349 e. The Morgan fingerprint density at radius 1 is 1.18 bits per heavy atom. The van der Waals surface area contributed by atoms with Crippen LogP contribution in [0.3, 0.4) is 0 Å². The van der Waals surface area contributed by atoms with Crippen molar-refractivity contribution in [2.24, 2.45) is 0 Å². The van der Waals surface area contributed by atoms with Gasteiger partial charge in [-0.2, -0.15) is 0 Å². The third-order valence-corrected chi connectivity index (χ3v) is 5.73. The maximum absolute atomic E-state index is 13.0. The Labute approximate surface area is 170 Å². The molecule has 0 radical (unpaired) electrons. The highest BCUT2D eigenvalue weighted by Gasteiger charge is 2.27. The third kappa shape index (κ3) is 3.90. The van der Waals surface area contributed by atoms with Crippen LogP contribution in [0, 0.1) is 13.8 Å². The molecule has 0 unspecified atom stereocenters. The van der Waals surface area contributed by atoms with Crippen LogP contribution in [0.2, 0.25) is 0 Å². The summed E-state index contributed by atoms with van der Waals surface area (Å²) in [6, 6.07) is 6.95. The van der Waals surface area contributed by atoms with Gasteiger partial charge in [0.15, 0.2) is 0 Å². The predicted molar refractivity (Wildman–Crippen MR) is 115 cm³/mol. The molecule has 148 valence electrons. The quantitative estimate of drug-likeness (QED) is 0.533. The molecule has 0 bridgehead atoms. The second-order valence-electron chi connectivity index (χ2n) is 8.09. The number of phenolic OH excluding ortho intramolecular Hbond substituents is 1. The molecule has 2 heterocycles. The summed E-state index contributed by atoms with van der Waals surface area (Å²) < 4.78 is 5.68. The molecule has 2 aromatic heterocycles. The molecule has 0 aliphatic carbocycles. The number of aromatic hydroxyl groups is 1. The lowest BCUT2D eigenvalue weighted by atomic mass is 9.95. The van der Waals surface area contributed by atoms with Crippen LogP contribution in [-0.2, 0) is 11.2 Å². The van der Waals surface area contributed by atoms with Crippen LogP contribution in [0.25, 0.3) is 21.3 Å². The summed E-state index contributed by atoms with van der Waals surface area (Å²) in [5, 5.41) is 10.7. The van der Waals surface area contributed by atoms with Gasteiger partial charge in [0.2, 0.25) is 0 Å². The molecular weight excluding hydrogens is 370 g/mol. The molecule has 3 rings (SSSR count). The number of nitrogens with zero attached hydrogens (tertiary/aromatic N) is 1. The highest BCUT2D eigenvalue weighted by Crippen LogP contribution is 2.42. The van der Waals surface area contributed by atoms with Crippen LogP contribution >= 0.6 is 11.3 Å². The summed E-state index contributed by atoms with van der Waals surface area (Å²) in [6.07, 6.45) is 1.99. The molecule has 0 aliphatic heterocycles. The maximum atomic E-state index is 13.0. The molecule has 0 fully saturated rings. The Morgan fingerprint density at radius 3 is 2.39 bits per heavy atom. The van der Waals surface area contributed by atoms with Gasteiger partial charge in [0.05, 0.1) is 0 Å². The number of carbonyl (C=O) groups is 1. The molecule has 4 nitrogen and oxygen atoms in total. The minimum absolute atomic E-state index is 0.194. The fourth-order valence-corrected chi connectivity index (χ4v) is 4.66. The number of hydrogen-bond acceptors (Lipinski definition) is 5. The molecular formula is C23H27NO3S. The zero-order valence-corrected chi connectivity index (χ0v) is 18.2. The van der Waals surface area contributed by atoms with Gasteiger partial charge in [0, 0.05) is 16.6 Å². The van der Waals surface area contributed by atoms with E-state index in [4.69, 9.17) is 9.72 Å². The molecule has 0 aliphatic rings. The van der Waals surface area contributed by atoms with Crippen LogP contribution < -0.4 is 0 Å². The van der Waals surface area contributed by atoms with Gasteiger partial charge < -0.3 is 9.84 Å². The van der Waals surface area contributed by atoms with Gasteiger partial charge in [-0.1, -0.05) is 25.5 Å². The van der Waals surface area contributed by atoms with Crippen molar-refractivity contribution < 1.29 is 14.6 Å². The Hall–Kier alpha value is -2.40. The number of esters is 1. The Kier molecular flexibility index (Phi) is 5.48. The molecule has 1 N–H and O–H groups in total. The molecule has 28 heavy (non-hydrogen) atoms. The van der Waals surface area contributed by atoms with Gasteiger partial charge in [-0.05, 0) is 69.9 Å². The van der Waals surface area contributed by atoms with Gasteiger partial charge in [-0.3, -0.25) is 0 Å². The van der Waals surface area contributed by atoms with E-state index in [1.165, 1.54) is 22.5 Å². The van der Waals surface area contributed by atoms with Crippen molar-refractivity contribution >= 4 is 27.5 Å². The third-order valence-electron chi connectivity index (χ3n) is 4.66. The largest absolute Gasteiger partial charge is 0.508 e. The van der Waals surface area contributed by atoms with E-state index in [9.17, 15) is 9.90 Å². The Bertz CT molecular complexity index is 1030. The van der Waals surface area contributed by atoms with Crippen molar-refractivity contribution in [3.8, 4) is 16.9 Å². The Morgan fingerprint density at radius 2 is 1.82 bits per heavy atom. The van der Waals surface area contributed by atoms with E-state index in [1.54, 1.807) is 12.1 Å². The summed E-state index contributed by atoms with van der Waals surface area (Å²) >= 11 is 1.38. The smallest absolute Gasteiger partial charge is 0.349 e. The number of aromatic nitrogens is 1. The van der Waals surface area contributed by atoms with Crippen LogP contribution in [0.1, 0.15) is 60.6 Å². The summed E-state index contributed by atoms with van der Waals surface area (Å²) in [6.45, 7) is 11.9. The summed E-state index contributed by atoms with van der Waals surface area (Å²) in [5.41, 5.74) is 4.56. The number of benzene rings is 1. The fraction of sp³-hybridized carbons (Fsp3) is 0.391. The second kappa shape index (κ2) is 7.55. The highest BCUT2D eigenvalue weighted by atomic mass is 32.1. The first-order chi connectivity index (χ1) is 13.1. The lowest BCUT2D eigenvalue weighted by Gasteiger charge is -2.19. The van der Waals surface area contributed by atoms with Crippen molar-refractivity contribution in [1.29, 1.82) is 0 Å². The van der Waals surface area contributed by atoms with Crippen molar-refractivity contribution in [3.05, 3.63) is 46.0 Å². The summed E-state index contributed by atoms with van der Waals surface area (Å²) in [4.78, 5) is 19.2. The summed E-state index contributed by atoms with van der Waals surface area (Å²) in [7, 11) is 0. The fourth-order valence-electron chi connectivity index (χ4n) is 3.48. The predicted octanol–water partition coefficient (Wildman–Crippen LogP) is 6.19. The lowest BCUT2D eigenvalue weighted by molar-refractivity contribution is 0.00761. The van der Waals surface area contributed by atoms with Crippen molar-refractivity contribution in [1.82, 2.24) is 4.98 Å². The normalized spacial score (nSPS) is 11.8. The molecule has 0 spiro atoms. The molecule has 3 aromatic rings. The number of carbonyl (C=O) groups excluding carboxylic acids is 1. The molecule has 5 heteroatoms. The number of fused-ring (bicyclic) bond motifs is 1. The number of ether oxygens (including phenoxy) is 1. The molecule has 0 atom stereocenters. The van der Waals surface area contributed by atoms with E-state index in [2.05, 4.69) is 13.8 Å². The van der Waals surface area contributed by atoms with E-state index in [0.717, 1.165) is 39.9 Å². The topological polar surface area (TPSA) is 59.4 Å². The first kappa shape index (κ1) is 20.3. The van der Waals surface area contributed by atoms with Crippen LogP contribution in [0.5, 0.6) is 5.75 Å². The number of phenols is 1. The van der Waals surface area contributed by atoms with E-state index < -0.39 is 5.60 Å². The van der Waals surface area contributed by atoms with Crippen LogP contribution in [-0.4, -0.2) is 21.7 Å². The first-order valence-corrected chi connectivity index (χ1v) is 10.4. The molecule has 1 aromatic carbocycles. The highest BCUT2D eigenvalue weighted by molar-refractivity contribution is 7.21. The van der Waals surface area contributed by atoms with E-state index >= 15 is 0 Å². The number of pyridine rings is 1. The molecule has 0 saturated heterocycles. The average molecular weight is 398 g/mol. The van der Waals surface area contributed by atoms with Gasteiger partial charge in [-0.15, -0.1) is 11.3 Å². The van der Waals surface area contributed by atoms with Crippen LogP contribution in [0.4, 0.5) is 0 Å². The number of rotatable bonds is 4. The van der Waals surface area contributed by atoms with Gasteiger partial charge in [0.25, 0.3) is 0 Å². The van der Waals surface area contributed by atoms with Crippen molar-refractivity contribution in [3.63, 3.8) is 0 Å². The lowest BCUT2D eigenvalue weighted by Crippen LogP contribution is -2.23. The standard InChI is InChI=1S/C23H27NO3S/c1-7-8-17-13(2)18-19(15-9-11-16(25)12-10-15)20(22(26)27-23(4,5)6)28-21(18)24-14(17)3/h9-12,25H,7-8H2,1-6H3. The van der Waals surface area contributed by atoms with E-state index in [-0.39, 0.29) is 11.7 Å². The van der Waals surface area contributed by atoms with Crippen molar-refractivity contribution in [2.75, 3.05) is 0 Å². The summed E-state index contributed by atoms with van der Waals surface area (Å²) in [5.74, 6) is -0.146. The molecule has 0 saturated carbocycles. The minimum Gasteiger partial charge on any atom is -0.508 e. The minimum atomic E-state index is -0.578.